The van der Waals surface area contributed by atoms with E-state index in [9.17, 15) is 23.3 Å². The average molecular weight is 299 g/mol. The van der Waals surface area contributed by atoms with Crippen LogP contribution in [0.1, 0.15) is 5.56 Å². The summed E-state index contributed by atoms with van der Waals surface area (Å²) < 4.78 is 42.8. The monoisotopic (exact) mass is 299 g/mol. The molecule has 0 bridgehead atoms. The van der Waals surface area contributed by atoms with Crippen molar-refractivity contribution in [2.24, 2.45) is 0 Å². The molecule has 21 heavy (non-hydrogen) atoms. The van der Waals surface area contributed by atoms with Crippen LogP contribution in [-0.4, -0.2) is 9.91 Å². The molecule has 0 fully saturated rings. The Kier molecular flexibility index (Phi) is 3.66. The highest BCUT2D eigenvalue weighted by atomic mass is 19.4. The molecule has 9 heteroatoms. The Morgan fingerprint density at radius 1 is 1.24 bits per heavy atom. The van der Waals surface area contributed by atoms with Crippen molar-refractivity contribution in [1.82, 2.24) is 4.98 Å². The third-order valence-electron chi connectivity index (χ3n) is 2.43. The van der Waals surface area contributed by atoms with Crippen molar-refractivity contribution in [1.29, 1.82) is 0 Å². The van der Waals surface area contributed by atoms with Gasteiger partial charge < -0.3 is 10.5 Å². The Balaban J connectivity index is 2.39. The third-order valence-corrected chi connectivity index (χ3v) is 2.43. The van der Waals surface area contributed by atoms with Crippen molar-refractivity contribution in [3.05, 3.63) is 52.1 Å². The molecule has 0 aliphatic carbocycles. The van der Waals surface area contributed by atoms with Crippen LogP contribution in [0.4, 0.5) is 24.7 Å². The Morgan fingerprint density at radius 2 is 1.95 bits per heavy atom. The first kappa shape index (κ1) is 14.6. The van der Waals surface area contributed by atoms with Crippen LogP contribution >= 0.6 is 0 Å². The molecule has 2 aromatic rings. The van der Waals surface area contributed by atoms with Gasteiger partial charge >= 0.3 is 17.7 Å². The van der Waals surface area contributed by atoms with Gasteiger partial charge in [-0.05, 0) is 24.3 Å². The summed E-state index contributed by atoms with van der Waals surface area (Å²) in [4.78, 5) is 13.7. The molecule has 2 rings (SSSR count). The first-order chi connectivity index (χ1) is 9.77. The summed E-state index contributed by atoms with van der Waals surface area (Å²) in [7, 11) is 0. The molecular formula is C12H8F3N3O3. The van der Waals surface area contributed by atoms with Crippen molar-refractivity contribution in [3.63, 3.8) is 0 Å². The standard InChI is InChI=1S/C12H8F3N3O3/c13-12(14,15)7-2-1-3-8(6-7)21-11-9(18(19)20)4-5-10(16)17-11/h1-6H,(H2,16,17). The molecule has 1 aromatic heterocycles. The van der Waals surface area contributed by atoms with Gasteiger partial charge in [0, 0.05) is 6.07 Å². The number of benzene rings is 1. The van der Waals surface area contributed by atoms with Gasteiger partial charge in [-0.15, -0.1) is 0 Å². The lowest BCUT2D eigenvalue weighted by Gasteiger charge is -2.09. The van der Waals surface area contributed by atoms with Gasteiger partial charge in [0.2, 0.25) is 0 Å². The van der Waals surface area contributed by atoms with E-state index in [2.05, 4.69) is 4.98 Å². The number of nitrogens with two attached hydrogens (primary N) is 1. The van der Waals surface area contributed by atoms with Gasteiger partial charge in [0.05, 0.1) is 10.5 Å². The fourth-order valence-electron chi connectivity index (χ4n) is 1.51. The molecule has 0 aliphatic rings. The molecule has 110 valence electrons. The van der Waals surface area contributed by atoms with E-state index < -0.39 is 28.2 Å². The highest BCUT2D eigenvalue weighted by Gasteiger charge is 2.31. The van der Waals surface area contributed by atoms with Crippen LogP contribution < -0.4 is 10.5 Å². The molecule has 0 saturated heterocycles. The topological polar surface area (TPSA) is 91.3 Å². The molecule has 0 amide bonds. The number of nitrogen functional groups attached to an aromatic ring is 1. The van der Waals surface area contributed by atoms with E-state index >= 15 is 0 Å². The van der Waals surface area contributed by atoms with Crippen molar-refractivity contribution in [3.8, 4) is 11.6 Å². The quantitative estimate of drug-likeness (QED) is 0.693. The lowest BCUT2D eigenvalue weighted by Crippen LogP contribution is -2.05. The van der Waals surface area contributed by atoms with Crippen LogP contribution in [0.3, 0.4) is 0 Å². The summed E-state index contributed by atoms with van der Waals surface area (Å²) in [5, 5.41) is 10.8. The zero-order valence-electron chi connectivity index (χ0n) is 10.3. The molecule has 1 heterocycles. The van der Waals surface area contributed by atoms with Gasteiger partial charge in [-0.25, -0.2) is 0 Å². The van der Waals surface area contributed by atoms with Crippen LogP contribution in [0.5, 0.6) is 11.6 Å². The molecule has 0 radical (unpaired) electrons. The first-order valence-electron chi connectivity index (χ1n) is 5.53. The predicted octanol–water partition coefficient (Wildman–Crippen LogP) is 3.38. The molecule has 1 aromatic carbocycles. The number of nitrogens with zero attached hydrogens (tertiary/aromatic N) is 2. The van der Waals surface area contributed by atoms with Gasteiger partial charge in [0.1, 0.15) is 11.6 Å². The minimum absolute atomic E-state index is 0.0532. The minimum atomic E-state index is -4.55. The van der Waals surface area contributed by atoms with Crippen molar-refractivity contribution >= 4 is 11.5 Å². The lowest BCUT2D eigenvalue weighted by atomic mass is 10.2. The Morgan fingerprint density at radius 3 is 2.57 bits per heavy atom. The summed E-state index contributed by atoms with van der Waals surface area (Å²) in [5.74, 6) is -0.757. The fourth-order valence-corrected chi connectivity index (χ4v) is 1.51. The maximum atomic E-state index is 12.6. The maximum absolute atomic E-state index is 12.6. The number of pyridine rings is 1. The fraction of sp³-hybridized carbons (Fsp3) is 0.0833. The van der Waals surface area contributed by atoms with E-state index in [1.165, 1.54) is 12.1 Å². The molecule has 0 aliphatic heterocycles. The maximum Gasteiger partial charge on any atom is 0.416 e. The summed E-state index contributed by atoms with van der Waals surface area (Å²) in [6.45, 7) is 0. The Labute approximate surface area is 116 Å². The molecule has 0 saturated carbocycles. The van der Waals surface area contributed by atoms with Gasteiger partial charge in [0.15, 0.2) is 0 Å². The Bertz CT molecular complexity index is 689. The van der Waals surface area contributed by atoms with Gasteiger partial charge in [-0.3, -0.25) is 10.1 Å². The number of halogens is 3. The van der Waals surface area contributed by atoms with Gasteiger partial charge in [-0.2, -0.15) is 18.2 Å². The predicted molar refractivity (Wildman–Crippen MR) is 66.8 cm³/mol. The van der Waals surface area contributed by atoms with Crippen molar-refractivity contribution in [2.75, 3.05) is 5.73 Å². The summed E-state index contributed by atoms with van der Waals surface area (Å²) in [5.41, 5.74) is 3.95. The second-order valence-electron chi connectivity index (χ2n) is 3.95. The highest BCUT2D eigenvalue weighted by molar-refractivity contribution is 5.49. The Hall–Kier alpha value is -2.84. The number of rotatable bonds is 3. The largest absolute Gasteiger partial charge is 0.434 e. The van der Waals surface area contributed by atoms with E-state index in [4.69, 9.17) is 10.5 Å². The van der Waals surface area contributed by atoms with Crippen molar-refractivity contribution in [2.45, 2.75) is 6.18 Å². The van der Waals surface area contributed by atoms with Crippen LogP contribution in [0, 0.1) is 10.1 Å². The molecule has 0 spiro atoms. The highest BCUT2D eigenvalue weighted by Crippen LogP contribution is 2.34. The summed E-state index contributed by atoms with van der Waals surface area (Å²) in [6, 6.07) is 6.17. The number of nitro groups is 1. The number of hydrogen-bond acceptors (Lipinski definition) is 5. The third kappa shape index (κ3) is 3.38. The molecule has 0 atom stereocenters. The second kappa shape index (κ2) is 5.27. The van der Waals surface area contributed by atoms with E-state index in [1.54, 1.807) is 0 Å². The zero-order chi connectivity index (χ0) is 15.6. The number of alkyl halides is 3. The van der Waals surface area contributed by atoms with E-state index in [0.29, 0.717) is 6.07 Å². The molecular weight excluding hydrogens is 291 g/mol. The number of anilines is 1. The van der Waals surface area contributed by atoms with E-state index in [1.807, 2.05) is 0 Å². The number of hydrogen-bond donors (Lipinski definition) is 1. The van der Waals surface area contributed by atoms with Crippen LogP contribution in [0.2, 0.25) is 0 Å². The SMILES string of the molecule is Nc1ccc([N+](=O)[O-])c(Oc2cccc(C(F)(F)F)c2)n1. The molecule has 0 unspecified atom stereocenters. The summed E-state index contributed by atoms with van der Waals surface area (Å²) >= 11 is 0. The lowest BCUT2D eigenvalue weighted by molar-refractivity contribution is -0.386. The number of aromatic nitrogens is 1. The second-order valence-corrected chi connectivity index (χ2v) is 3.95. The van der Waals surface area contributed by atoms with Crippen LogP contribution in [0.25, 0.3) is 0 Å². The van der Waals surface area contributed by atoms with Gasteiger partial charge in [0.25, 0.3) is 0 Å². The van der Waals surface area contributed by atoms with E-state index in [-0.39, 0.29) is 11.6 Å². The van der Waals surface area contributed by atoms with E-state index in [0.717, 1.165) is 18.2 Å². The normalized spacial score (nSPS) is 11.2. The van der Waals surface area contributed by atoms with Crippen LogP contribution in [-0.2, 0) is 6.18 Å². The summed E-state index contributed by atoms with van der Waals surface area (Å²) in [6.07, 6.45) is -4.55. The van der Waals surface area contributed by atoms with Crippen LogP contribution in [0.15, 0.2) is 36.4 Å². The zero-order valence-corrected chi connectivity index (χ0v) is 10.3. The average Bonchev–Trinajstić information content (AvgIpc) is 2.37. The number of ether oxygens (including phenoxy) is 1. The first-order valence-corrected chi connectivity index (χ1v) is 5.53. The molecule has 2 N–H and O–H groups in total. The van der Waals surface area contributed by atoms with Crippen molar-refractivity contribution < 1.29 is 22.8 Å². The minimum Gasteiger partial charge on any atom is -0.434 e. The van der Waals surface area contributed by atoms with Gasteiger partial charge in [-0.1, -0.05) is 6.07 Å². The smallest absolute Gasteiger partial charge is 0.416 e. The molecule has 6 nitrogen and oxygen atoms in total.